The topological polar surface area (TPSA) is 66.5 Å². The number of hydrogen-bond acceptors (Lipinski definition) is 3. The van der Waals surface area contributed by atoms with Crippen LogP contribution in [0, 0.1) is 0 Å². The maximum Gasteiger partial charge on any atom is 0.264 e. The normalized spacial score (nSPS) is 12.4. The van der Waals surface area contributed by atoms with Gasteiger partial charge in [0.2, 0.25) is 5.91 Å². The zero-order chi connectivity index (χ0) is 18.4. The second-order valence-corrected chi connectivity index (χ2v) is 7.97. The monoisotopic (exact) mass is 360 g/mol. The Morgan fingerprint density at radius 1 is 1.08 bits per heavy atom. The Kier molecular flexibility index (Phi) is 6.20. The van der Waals surface area contributed by atoms with Crippen molar-refractivity contribution in [1.29, 1.82) is 0 Å². The van der Waals surface area contributed by atoms with Crippen molar-refractivity contribution in [3.05, 3.63) is 60.2 Å². The minimum absolute atomic E-state index is 0.0349. The van der Waals surface area contributed by atoms with Crippen molar-refractivity contribution < 1.29 is 13.2 Å². The Labute approximate surface area is 149 Å². The first-order valence-corrected chi connectivity index (χ1v) is 9.71. The number of hydrogen-bond donors (Lipinski definition) is 1. The number of amides is 1. The van der Waals surface area contributed by atoms with Gasteiger partial charge in [-0.25, -0.2) is 8.42 Å². The van der Waals surface area contributed by atoms with E-state index >= 15 is 0 Å². The van der Waals surface area contributed by atoms with Crippen LogP contribution in [0.15, 0.2) is 59.5 Å². The predicted molar refractivity (Wildman–Crippen MR) is 100 cm³/mol. The second-order valence-electron chi connectivity index (χ2n) is 6.01. The summed E-state index contributed by atoms with van der Waals surface area (Å²) >= 11 is 0. The van der Waals surface area contributed by atoms with Gasteiger partial charge >= 0.3 is 0 Å². The molecule has 5 nitrogen and oxygen atoms in total. The molecule has 0 aromatic heterocycles. The van der Waals surface area contributed by atoms with Gasteiger partial charge in [0.1, 0.15) is 0 Å². The highest BCUT2D eigenvalue weighted by molar-refractivity contribution is 7.92. The average molecular weight is 360 g/mol. The molecular formula is C19H24N2O3S. The molecule has 0 saturated carbocycles. The Balaban J connectivity index is 2.10. The molecule has 0 spiro atoms. The number of anilines is 1. The molecule has 0 radical (unpaired) electrons. The Morgan fingerprint density at radius 3 is 2.24 bits per heavy atom. The molecule has 25 heavy (non-hydrogen) atoms. The minimum atomic E-state index is -3.59. The summed E-state index contributed by atoms with van der Waals surface area (Å²) in [5.74, 6) is -0.0349. The largest absolute Gasteiger partial charge is 0.353 e. The van der Waals surface area contributed by atoms with E-state index in [1.165, 1.54) is 11.4 Å². The number of carbonyl (C=O) groups is 1. The Bertz CT molecular complexity index is 802. The first kappa shape index (κ1) is 19.0. The van der Waals surface area contributed by atoms with E-state index in [1.54, 1.807) is 54.6 Å². The number of benzene rings is 2. The van der Waals surface area contributed by atoms with Gasteiger partial charge < -0.3 is 5.32 Å². The molecule has 2 aromatic carbocycles. The minimum Gasteiger partial charge on any atom is -0.353 e. The smallest absolute Gasteiger partial charge is 0.264 e. The highest BCUT2D eigenvalue weighted by Crippen LogP contribution is 2.22. The van der Waals surface area contributed by atoms with Gasteiger partial charge in [0.05, 0.1) is 17.0 Å². The third-order valence-electron chi connectivity index (χ3n) is 4.09. The Hall–Kier alpha value is -2.34. The number of sulfonamides is 1. The maximum absolute atomic E-state index is 12.6. The van der Waals surface area contributed by atoms with Gasteiger partial charge in [0.25, 0.3) is 10.0 Å². The zero-order valence-electron chi connectivity index (χ0n) is 14.8. The van der Waals surface area contributed by atoms with Crippen LogP contribution in [-0.2, 0) is 21.2 Å². The molecule has 0 aliphatic heterocycles. The molecule has 0 heterocycles. The molecule has 0 saturated heterocycles. The van der Waals surface area contributed by atoms with E-state index < -0.39 is 10.0 Å². The van der Waals surface area contributed by atoms with Crippen LogP contribution in [0.3, 0.4) is 0 Å². The highest BCUT2D eigenvalue weighted by atomic mass is 32.2. The average Bonchev–Trinajstić information content (AvgIpc) is 2.62. The first-order chi connectivity index (χ1) is 11.8. The van der Waals surface area contributed by atoms with Gasteiger partial charge in [-0.15, -0.1) is 0 Å². The van der Waals surface area contributed by atoms with Crippen molar-refractivity contribution >= 4 is 21.6 Å². The van der Waals surface area contributed by atoms with Crippen LogP contribution >= 0.6 is 0 Å². The zero-order valence-corrected chi connectivity index (χ0v) is 15.6. The fourth-order valence-electron chi connectivity index (χ4n) is 2.33. The molecule has 0 unspecified atom stereocenters. The fraction of sp³-hybridized carbons (Fsp3) is 0.316. The van der Waals surface area contributed by atoms with Crippen molar-refractivity contribution in [3.8, 4) is 0 Å². The fourth-order valence-corrected chi connectivity index (χ4v) is 3.54. The van der Waals surface area contributed by atoms with Crippen LogP contribution in [0.2, 0.25) is 0 Å². The molecule has 6 heteroatoms. The molecule has 1 N–H and O–H groups in total. The molecule has 134 valence electrons. The third-order valence-corrected chi connectivity index (χ3v) is 5.89. The lowest BCUT2D eigenvalue weighted by molar-refractivity contribution is -0.121. The quantitative estimate of drug-likeness (QED) is 0.825. The molecule has 1 atom stereocenters. The number of nitrogens with zero attached hydrogens (tertiary/aromatic N) is 1. The summed E-state index contributed by atoms with van der Waals surface area (Å²) in [5.41, 5.74) is 1.39. The Morgan fingerprint density at radius 2 is 1.68 bits per heavy atom. The van der Waals surface area contributed by atoms with Gasteiger partial charge in [-0.1, -0.05) is 37.3 Å². The summed E-state index contributed by atoms with van der Waals surface area (Å²) in [6, 6.07) is 15.4. The molecule has 0 aliphatic carbocycles. The van der Waals surface area contributed by atoms with Gasteiger partial charge in [-0.3, -0.25) is 9.10 Å². The van der Waals surface area contributed by atoms with Crippen molar-refractivity contribution in [2.75, 3.05) is 11.4 Å². The van der Waals surface area contributed by atoms with E-state index in [0.29, 0.717) is 5.69 Å². The number of nitrogens with one attached hydrogen (secondary N) is 1. The SMILES string of the molecule is CC[C@@H](C)NC(=O)Cc1ccc(N(C)S(=O)(=O)c2ccccc2)cc1. The lowest BCUT2D eigenvalue weighted by atomic mass is 10.1. The van der Waals surface area contributed by atoms with Gasteiger partial charge in [0, 0.05) is 13.1 Å². The predicted octanol–water partition coefficient (Wildman–Crippen LogP) is 2.97. The van der Waals surface area contributed by atoms with Crippen LogP contribution in [-0.4, -0.2) is 27.4 Å². The standard InChI is InChI=1S/C19H24N2O3S/c1-4-15(2)20-19(22)14-16-10-12-17(13-11-16)21(3)25(23,24)18-8-6-5-7-9-18/h5-13,15H,4,14H2,1-3H3,(H,20,22)/t15-/m1/s1. The van der Waals surface area contributed by atoms with E-state index in [2.05, 4.69) is 5.32 Å². The van der Waals surface area contributed by atoms with Crippen molar-refractivity contribution in [2.24, 2.45) is 0 Å². The van der Waals surface area contributed by atoms with Gasteiger partial charge in [0.15, 0.2) is 0 Å². The van der Waals surface area contributed by atoms with E-state index in [-0.39, 0.29) is 23.3 Å². The third kappa shape index (κ3) is 4.82. The molecule has 1 amide bonds. The van der Waals surface area contributed by atoms with Gasteiger partial charge in [-0.05, 0) is 43.2 Å². The summed E-state index contributed by atoms with van der Waals surface area (Å²) in [7, 11) is -2.07. The van der Waals surface area contributed by atoms with E-state index in [4.69, 9.17) is 0 Å². The maximum atomic E-state index is 12.6. The van der Waals surface area contributed by atoms with Crippen LogP contribution in [0.1, 0.15) is 25.8 Å². The highest BCUT2D eigenvalue weighted by Gasteiger charge is 2.20. The molecule has 2 aromatic rings. The lowest BCUT2D eigenvalue weighted by Gasteiger charge is -2.20. The van der Waals surface area contributed by atoms with E-state index in [0.717, 1.165) is 12.0 Å². The summed E-state index contributed by atoms with van der Waals surface area (Å²) in [6.07, 6.45) is 1.16. The van der Waals surface area contributed by atoms with Crippen molar-refractivity contribution in [3.63, 3.8) is 0 Å². The number of rotatable bonds is 7. The molecule has 0 fully saturated rings. The molecule has 0 aliphatic rings. The van der Waals surface area contributed by atoms with E-state index in [9.17, 15) is 13.2 Å². The van der Waals surface area contributed by atoms with Crippen LogP contribution < -0.4 is 9.62 Å². The summed E-state index contributed by atoms with van der Waals surface area (Å²) in [5, 5.41) is 2.92. The summed E-state index contributed by atoms with van der Waals surface area (Å²) in [6.45, 7) is 3.98. The van der Waals surface area contributed by atoms with Crippen LogP contribution in [0.4, 0.5) is 5.69 Å². The van der Waals surface area contributed by atoms with Crippen LogP contribution in [0.25, 0.3) is 0 Å². The van der Waals surface area contributed by atoms with Crippen molar-refractivity contribution in [1.82, 2.24) is 5.32 Å². The second kappa shape index (κ2) is 8.16. The molecule has 2 rings (SSSR count). The van der Waals surface area contributed by atoms with E-state index in [1.807, 2.05) is 13.8 Å². The lowest BCUT2D eigenvalue weighted by Crippen LogP contribution is -2.33. The molecule has 0 bridgehead atoms. The van der Waals surface area contributed by atoms with Crippen LogP contribution in [0.5, 0.6) is 0 Å². The first-order valence-electron chi connectivity index (χ1n) is 8.27. The van der Waals surface area contributed by atoms with Crippen molar-refractivity contribution in [2.45, 2.75) is 37.6 Å². The number of carbonyl (C=O) groups excluding carboxylic acids is 1. The summed E-state index contributed by atoms with van der Waals surface area (Å²) < 4.78 is 26.5. The molecular weight excluding hydrogens is 336 g/mol. The van der Waals surface area contributed by atoms with Gasteiger partial charge in [-0.2, -0.15) is 0 Å². The summed E-state index contributed by atoms with van der Waals surface area (Å²) in [4.78, 5) is 12.2.